The molecule has 1 aromatic heterocycles. The molecule has 2 heterocycles. The minimum absolute atomic E-state index is 0.0354. The molecule has 2 aromatic carbocycles. The first-order valence-corrected chi connectivity index (χ1v) is 8.73. The van der Waals surface area contributed by atoms with Crippen LogP contribution in [0.4, 0.5) is 5.82 Å². The Hall–Kier alpha value is -2.79. The van der Waals surface area contributed by atoms with Crippen molar-refractivity contribution in [3.63, 3.8) is 0 Å². The van der Waals surface area contributed by atoms with Gasteiger partial charge in [-0.1, -0.05) is 29.8 Å². The molecule has 3 aromatic rings. The topological polar surface area (TPSA) is 56.1 Å². The fourth-order valence-electron chi connectivity index (χ4n) is 3.38. The molecular weight excluding hydrogens is 350 g/mol. The standard InChI is InChI=1S/C20H18ClN3O2/c1-12-17(21)7-4-8-18(12)24-20-16(11-22-24)15(10-19(25)23-20)13-5-3-6-14(9-13)26-2/h3-9,11,15H,10H2,1-2H3,(H,23,25). The maximum atomic E-state index is 12.4. The van der Waals surface area contributed by atoms with Crippen LogP contribution >= 0.6 is 11.6 Å². The summed E-state index contributed by atoms with van der Waals surface area (Å²) < 4.78 is 7.08. The van der Waals surface area contributed by atoms with Crippen LogP contribution < -0.4 is 10.1 Å². The van der Waals surface area contributed by atoms with E-state index in [9.17, 15) is 4.79 Å². The second-order valence-electron chi connectivity index (χ2n) is 6.33. The summed E-state index contributed by atoms with van der Waals surface area (Å²) in [6.07, 6.45) is 2.19. The van der Waals surface area contributed by atoms with Crippen LogP contribution in [-0.2, 0) is 4.79 Å². The van der Waals surface area contributed by atoms with Crippen molar-refractivity contribution < 1.29 is 9.53 Å². The molecule has 4 rings (SSSR count). The minimum atomic E-state index is -0.0675. The first-order valence-electron chi connectivity index (χ1n) is 8.35. The molecule has 1 aliphatic heterocycles. The second kappa shape index (κ2) is 6.50. The highest BCUT2D eigenvalue weighted by atomic mass is 35.5. The number of halogens is 1. The van der Waals surface area contributed by atoms with E-state index in [1.807, 2.05) is 55.6 Å². The maximum Gasteiger partial charge on any atom is 0.226 e. The Morgan fingerprint density at radius 2 is 2.08 bits per heavy atom. The third-order valence-corrected chi connectivity index (χ3v) is 5.19. The van der Waals surface area contributed by atoms with Gasteiger partial charge >= 0.3 is 0 Å². The lowest BCUT2D eigenvalue weighted by atomic mass is 9.87. The Balaban J connectivity index is 1.84. The molecule has 0 fully saturated rings. The number of carbonyl (C=O) groups excluding carboxylic acids is 1. The van der Waals surface area contributed by atoms with E-state index >= 15 is 0 Å². The van der Waals surface area contributed by atoms with E-state index in [0.29, 0.717) is 17.3 Å². The predicted octanol–water partition coefficient (Wildman–Crippen LogP) is 4.32. The van der Waals surface area contributed by atoms with Gasteiger partial charge in [-0.25, -0.2) is 4.68 Å². The summed E-state index contributed by atoms with van der Waals surface area (Å²) in [4.78, 5) is 12.4. The molecule has 0 bridgehead atoms. The number of amides is 1. The lowest BCUT2D eigenvalue weighted by Gasteiger charge is -2.24. The van der Waals surface area contributed by atoms with E-state index < -0.39 is 0 Å². The Morgan fingerprint density at radius 3 is 2.88 bits per heavy atom. The number of ether oxygens (including phenoxy) is 1. The molecule has 0 aliphatic carbocycles. The van der Waals surface area contributed by atoms with Crippen molar-refractivity contribution in [1.29, 1.82) is 0 Å². The van der Waals surface area contributed by atoms with Crippen molar-refractivity contribution in [2.24, 2.45) is 0 Å². The molecule has 1 atom stereocenters. The number of hydrogen-bond donors (Lipinski definition) is 1. The molecule has 132 valence electrons. The number of benzene rings is 2. The number of methoxy groups -OCH3 is 1. The van der Waals surface area contributed by atoms with E-state index in [0.717, 1.165) is 28.1 Å². The molecule has 1 unspecified atom stereocenters. The number of nitrogens with zero attached hydrogens (tertiary/aromatic N) is 2. The summed E-state index contributed by atoms with van der Waals surface area (Å²) in [5.41, 5.74) is 3.78. The molecule has 1 aliphatic rings. The number of aromatic nitrogens is 2. The van der Waals surface area contributed by atoms with E-state index in [1.54, 1.807) is 11.8 Å². The van der Waals surface area contributed by atoms with Gasteiger partial charge in [-0.3, -0.25) is 4.79 Å². The molecule has 26 heavy (non-hydrogen) atoms. The maximum absolute atomic E-state index is 12.4. The summed E-state index contributed by atoms with van der Waals surface area (Å²) >= 11 is 6.26. The smallest absolute Gasteiger partial charge is 0.226 e. The van der Waals surface area contributed by atoms with Crippen LogP contribution in [0.3, 0.4) is 0 Å². The Kier molecular flexibility index (Phi) is 4.17. The molecule has 6 heteroatoms. The van der Waals surface area contributed by atoms with E-state index in [-0.39, 0.29) is 11.8 Å². The Morgan fingerprint density at radius 1 is 1.27 bits per heavy atom. The van der Waals surface area contributed by atoms with E-state index in [4.69, 9.17) is 16.3 Å². The Bertz CT molecular complexity index is 996. The van der Waals surface area contributed by atoms with E-state index in [1.165, 1.54) is 0 Å². The van der Waals surface area contributed by atoms with Crippen molar-refractivity contribution in [2.45, 2.75) is 19.3 Å². The number of fused-ring (bicyclic) bond motifs is 1. The molecular formula is C20H18ClN3O2. The zero-order chi connectivity index (χ0) is 18.3. The number of anilines is 1. The summed E-state index contributed by atoms with van der Waals surface area (Å²) in [6.45, 7) is 1.94. The average molecular weight is 368 g/mol. The fraction of sp³-hybridized carbons (Fsp3) is 0.200. The van der Waals surface area contributed by atoms with Crippen molar-refractivity contribution in [2.75, 3.05) is 12.4 Å². The highest BCUT2D eigenvalue weighted by molar-refractivity contribution is 6.31. The molecule has 1 N–H and O–H groups in total. The fourth-order valence-corrected chi connectivity index (χ4v) is 3.55. The van der Waals surface area contributed by atoms with Crippen molar-refractivity contribution in [3.8, 4) is 11.4 Å². The average Bonchev–Trinajstić information content (AvgIpc) is 3.07. The van der Waals surface area contributed by atoms with Gasteiger partial charge in [0.1, 0.15) is 11.6 Å². The first kappa shape index (κ1) is 16.7. The minimum Gasteiger partial charge on any atom is -0.497 e. The number of rotatable bonds is 3. The van der Waals surface area contributed by atoms with Crippen LogP contribution in [0.25, 0.3) is 5.69 Å². The molecule has 0 spiro atoms. The summed E-state index contributed by atoms with van der Waals surface area (Å²) in [5.74, 6) is 1.36. The van der Waals surface area contributed by atoms with Gasteiger partial charge in [0.15, 0.2) is 0 Å². The SMILES string of the molecule is COc1cccc(C2CC(=O)Nc3c2cnn3-c2cccc(Cl)c2C)c1. The van der Waals surface area contributed by atoms with Crippen LogP contribution in [0.5, 0.6) is 5.75 Å². The lowest BCUT2D eigenvalue weighted by molar-refractivity contribution is -0.116. The van der Waals surface area contributed by atoms with Gasteiger partial charge in [-0.2, -0.15) is 5.10 Å². The second-order valence-corrected chi connectivity index (χ2v) is 6.73. The van der Waals surface area contributed by atoms with Crippen LogP contribution in [-0.4, -0.2) is 22.8 Å². The van der Waals surface area contributed by atoms with Gasteiger partial charge in [-0.05, 0) is 42.3 Å². The third kappa shape index (κ3) is 2.74. The quantitative estimate of drug-likeness (QED) is 0.750. The van der Waals surface area contributed by atoms with Crippen molar-refractivity contribution in [1.82, 2.24) is 9.78 Å². The van der Waals surface area contributed by atoms with Gasteiger partial charge in [0.2, 0.25) is 5.91 Å². The zero-order valence-corrected chi connectivity index (χ0v) is 15.2. The highest BCUT2D eigenvalue weighted by Gasteiger charge is 2.30. The predicted molar refractivity (Wildman–Crippen MR) is 101 cm³/mol. The number of hydrogen-bond acceptors (Lipinski definition) is 3. The lowest BCUT2D eigenvalue weighted by Crippen LogP contribution is -2.24. The molecule has 0 saturated heterocycles. The van der Waals surface area contributed by atoms with Gasteiger partial charge < -0.3 is 10.1 Å². The Labute approximate surface area is 156 Å². The van der Waals surface area contributed by atoms with E-state index in [2.05, 4.69) is 10.4 Å². The molecule has 0 saturated carbocycles. The van der Waals surface area contributed by atoms with Crippen molar-refractivity contribution in [3.05, 3.63) is 70.4 Å². The largest absolute Gasteiger partial charge is 0.497 e. The zero-order valence-electron chi connectivity index (χ0n) is 14.5. The van der Waals surface area contributed by atoms with Crippen LogP contribution in [0.2, 0.25) is 5.02 Å². The monoisotopic (exact) mass is 367 g/mol. The van der Waals surface area contributed by atoms with Crippen molar-refractivity contribution >= 4 is 23.3 Å². The summed E-state index contributed by atoms with van der Waals surface area (Å²) in [6, 6.07) is 13.5. The molecule has 1 amide bonds. The van der Waals surface area contributed by atoms with Gasteiger partial charge in [-0.15, -0.1) is 0 Å². The first-order chi connectivity index (χ1) is 12.6. The van der Waals surface area contributed by atoms with Gasteiger partial charge in [0, 0.05) is 22.9 Å². The van der Waals surface area contributed by atoms with Crippen LogP contribution in [0.15, 0.2) is 48.7 Å². The number of nitrogens with one attached hydrogen (secondary N) is 1. The normalized spacial score (nSPS) is 16.1. The highest BCUT2D eigenvalue weighted by Crippen LogP contribution is 2.39. The number of carbonyl (C=O) groups is 1. The van der Waals surface area contributed by atoms with Gasteiger partial charge in [0.25, 0.3) is 0 Å². The molecule has 0 radical (unpaired) electrons. The summed E-state index contributed by atoms with van der Waals surface area (Å²) in [5, 5.41) is 8.17. The summed E-state index contributed by atoms with van der Waals surface area (Å²) in [7, 11) is 1.64. The molecule has 5 nitrogen and oxygen atoms in total. The van der Waals surface area contributed by atoms with Crippen LogP contribution in [0.1, 0.15) is 29.0 Å². The third-order valence-electron chi connectivity index (χ3n) is 4.78. The van der Waals surface area contributed by atoms with Gasteiger partial charge in [0.05, 0.1) is 19.0 Å². The van der Waals surface area contributed by atoms with Crippen LogP contribution in [0, 0.1) is 6.92 Å².